The van der Waals surface area contributed by atoms with Gasteiger partial charge in [0.2, 0.25) is 8.32 Å². The minimum atomic E-state index is -1.97. The van der Waals surface area contributed by atoms with E-state index in [1.165, 1.54) is 0 Å². The van der Waals surface area contributed by atoms with Gasteiger partial charge >= 0.3 is 0 Å². The Kier molecular flexibility index (Phi) is 4.13. The van der Waals surface area contributed by atoms with E-state index in [4.69, 9.17) is 4.43 Å². The van der Waals surface area contributed by atoms with Gasteiger partial charge in [-0.15, -0.1) is 0 Å². The first-order valence-electron chi connectivity index (χ1n) is 3.73. The molecule has 1 unspecified atom stereocenters. The summed E-state index contributed by atoms with van der Waals surface area (Å²) in [5.74, 6) is -0.706. The third kappa shape index (κ3) is 2.79. The first-order valence-corrected chi connectivity index (χ1v) is 6.72. The maximum Gasteiger partial charge on any atom is 0.220 e. The molecule has 1 nitrogen and oxygen atoms in total. The van der Waals surface area contributed by atoms with Gasteiger partial charge in [-0.2, -0.15) is 0 Å². The fraction of sp³-hybridized carbons (Fsp3) is 1.00. The highest BCUT2D eigenvalue weighted by molar-refractivity contribution is 6.72. The van der Waals surface area contributed by atoms with E-state index < -0.39 is 14.1 Å². The van der Waals surface area contributed by atoms with Crippen LogP contribution < -0.4 is 0 Å². The number of halogens is 1. The molecule has 0 aromatic heterocycles. The molecule has 0 N–H and O–H groups in total. The summed E-state index contributed by atoms with van der Waals surface area (Å²) in [6, 6.07) is 0. The molecule has 0 heterocycles. The van der Waals surface area contributed by atoms with Crippen LogP contribution in [0.2, 0.25) is 13.1 Å². The van der Waals surface area contributed by atoms with E-state index >= 15 is 0 Å². The molecular formula is C7H17FOSi. The van der Waals surface area contributed by atoms with Gasteiger partial charge in [-0.05, 0) is 19.5 Å². The van der Waals surface area contributed by atoms with Crippen LogP contribution in [0.15, 0.2) is 0 Å². The quantitative estimate of drug-likeness (QED) is 0.580. The van der Waals surface area contributed by atoms with Crippen LogP contribution in [0.4, 0.5) is 4.39 Å². The average molecular weight is 164 g/mol. The topological polar surface area (TPSA) is 9.23 Å². The summed E-state index contributed by atoms with van der Waals surface area (Å²) in [6.07, 6.45) is 1.55. The smallest absolute Gasteiger partial charge is 0.220 e. The number of hydrogen-bond acceptors (Lipinski definition) is 1. The maximum absolute atomic E-state index is 13.1. The summed E-state index contributed by atoms with van der Waals surface area (Å²) in [4.78, 5) is 0. The van der Waals surface area contributed by atoms with Gasteiger partial charge in [-0.3, -0.25) is 0 Å². The van der Waals surface area contributed by atoms with Crippen molar-refractivity contribution < 1.29 is 8.82 Å². The Balaban J connectivity index is 3.78. The molecule has 0 rings (SSSR count). The molecule has 0 aromatic carbocycles. The van der Waals surface area contributed by atoms with Crippen molar-refractivity contribution in [2.45, 2.75) is 38.7 Å². The predicted molar refractivity (Wildman–Crippen MR) is 44.3 cm³/mol. The van der Waals surface area contributed by atoms with Crippen molar-refractivity contribution in [3.05, 3.63) is 0 Å². The van der Waals surface area contributed by atoms with Gasteiger partial charge in [0.15, 0.2) is 0 Å². The van der Waals surface area contributed by atoms with Gasteiger partial charge < -0.3 is 4.43 Å². The molecule has 62 valence electrons. The van der Waals surface area contributed by atoms with E-state index in [1.807, 2.05) is 20.0 Å². The lowest BCUT2D eigenvalue weighted by Gasteiger charge is -2.23. The highest BCUT2D eigenvalue weighted by atomic mass is 28.4. The van der Waals surface area contributed by atoms with E-state index in [2.05, 4.69) is 0 Å². The SMILES string of the molecule is CCCC(F)[Si](C)(C)OC. The van der Waals surface area contributed by atoms with Crippen molar-refractivity contribution in [3.63, 3.8) is 0 Å². The molecular weight excluding hydrogens is 147 g/mol. The summed E-state index contributed by atoms with van der Waals surface area (Å²) in [7, 11) is -0.363. The van der Waals surface area contributed by atoms with E-state index in [-0.39, 0.29) is 0 Å². The van der Waals surface area contributed by atoms with Crippen molar-refractivity contribution >= 4 is 8.32 Å². The molecule has 1 atom stereocenters. The Morgan fingerprint density at radius 1 is 1.50 bits per heavy atom. The minimum absolute atomic E-state index is 0.646. The minimum Gasteiger partial charge on any atom is -0.418 e. The van der Waals surface area contributed by atoms with E-state index in [0.29, 0.717) is 6.42 Å². The Morgan fingerprint density at radius 3 is 2.30 bits per heavy atom. The van der Waals surface area contributed by atoms with Crippen LogP contribution in [-0.2, 0) is 4.43 Å². The van der Waals surface area contributed by atoms with E-state index in [9.17, 15) is 4.39 Å². The zero-order valence-electron chi connectivity index (χ0n) is 7.28. The van der Waals surface area contributed by atoms with Crippen molar-refractivity contribution in [2.24, 2.45) is 0 Å². The molecule has 3 heteroatoms. The molecule has 0 saturated heterocycles. The molecule has 0 aliphatic carbocycles. The Labute approximate surface area is 63.7 Å². The number of hydrogen-bond donors (Lipinski definition) is 0. The van der Waals surface area contributed by atoms with Gasteiger partial charge in [0.1, 0.15) is 5.79 Å². The molecule has 0 spiro atoms. The monoisotopic (exact) mass is 164 g/mol. The highest BCUT2D eigenvalue weighted by Gasteiger charge is 2.31. The van der Waals surface area contributed by atoms with Gasteiger partial charge in [0.05, 0.1) is 0 Å². The summed E-state index contributed by atoms with van der Waals surface area (Å²) in [5, 5.41) is 0. The van der Waals surface area contributed by atoms with Gasteiger partial charge in [0.25, 0.3) is 0 Å². The zero-order chi connectivity index (χ0) is 8.20. The van der Waals surface area contributed by atoms with E-state index in [1.54, 1.807) is 7.11 Å². The molecule has 10 heavy (non-hydrogen) atoms. The zero-order valence-corrected chi connectivity index (χ0v) is 8.28. The molecule has 0 bridgehead atoms. The fourth-order valence-corrected chi connectivity index (χ4v) is 1.97. The van der Waals surface area contributed by atoms with Crippen LogP contribution in [-0.4, -0.2) is 21.2 Å². The summed E-state index contributed by atoms with van der Waals surface area (Å²) >= 11 is 0. The number of rotatable bonds is 4. The lowest BCUT2D eigenvalue weighted by molar-refractivity contribution is 0.313. The molecule has 0 fully saturated rings. The van der Waals surface area contributed by atoms with Crippen LogP contribution in [0.1, 0.15) is 19.8 Å². The normalized spacial score (nSPS) is 15.3. The van der Waals surface area contributed by atoms with Crippen molar-refractivity contribution in [2.75, 3.05) is 7.11 Å². The highest BCUT2D eigenvalue weighted by Crippen LogP contribution is 2.16. The summed E-state index contributed by atoms with van der Waals surface area (Å²) in [6.45, 7) is 5.81. The molecule has 0 aliphatic rings. The fourth-order valence-electron chi connectivity index (χ4n) is 0.729. The molecule has 0 amide bonds. The lowest BCUT2D eigenvalue weighted by Crippen LogP contribution is -2.40. The second-order valence-corrected chi connectivity index (χ2v) is 7.31. The average Bonchev–Trinajstić information content (AvgIpc) is 1.89. The largest absolute Gasteiger partial charge is 0.418 e. The van der Waals surface area contributed by atoms with Crippen LogP contribution in [0, 0.1) is 0 Å². The Morgan fingerprint density at radius 2 is 2.00 bits per heavy atom. The predicted octanol–water partition coefficient (Wildman–Crippen LogP) is 2.52. The molecule has 0 saturated carbocycles. The third-order valence-electron chi connectivity index (χ3n) is 1.82. The maximum atomic E-state index is 13.1. The number of alkyl halides is 1. The van der Waals surface area contributed by atoms with Crippen molar-refractivity contribution in [1.29, 1.82) is 0 Å². The van der Waals surface area contributed by atoms with Gasteiger partial charge in [-0.25, -0.2) is 4.39 Å². The molecule has 0 radical (unpaired) electrons. The second-order valence-electron chi connectivity index (χ2n) is 3.06. The molecule has 0 aromatic rings. The second kappa shape index (κ2) is 4.08. The Bertz CT molecular complexity index is 95.6. The van der Waals surface area contributed by atoms with Crippen molar-refractivity contribution in [1.82, 2.24) is 0 Å². The summed E-state index contributed by atoms with van der Waals surface area (Å²) < 4.78 is 18.2. The van der Waals surface area contributed by atoms with Crippen molar-refractivity contribution in [3.8, 4) is 0 Å². The lowest BCUT2D eigenvalue weighted by atomic mass is 10.4. The van der Waals surface area contributed by atoms with Crippen LogP contribution in [0.5, 0.6) is 0 Å². The van der Waals surface area contributed by atoms with Crippen LogP contribution in [0.25, 0.3) is 0 Å². The van der Waals surface area contributed by atoms with Gasteiger partial charge in [-0.1, -0.05) is 13.3 Å². The van der Waals surface area contributed by atoms with Gasteiger partial charge in [0, 0.05) is 7.11 Å². The standard InChI is InChI=1S/C7H17FOSi/c1-5-6-7(8)10(3,4)9-2/h7H,5-6H2,1-4H3. The third-order valence-corrected chi connectivity index (χ3v) is 4.67. The van der Waals surface area contributed by atoms with Crippen LogP contribution >= 0.6 is 0 Å². The molecule has 0 aliphatic heterocycles. The van der Waals surface area contributed by atoms with Crippen LogP contribution in [0.3, 0.4) is 0 Å². The van der Waals surface area contributed by atoms with E-state index in [0.717, 1.165) is 6.42 Å². The first-order chi connectivity index (χ1) is 4.54. The first kappa shape index (κ1) is 10.1. The summed E-state index contributed by atoms with van der Waals surface area (Å²) in [5.41, 5.74) is 0. The Hall–Kier alpha value is 0.107.